The summed E-state index contributed by atoms with van der Waals surface area (Å²) in [5.41, 5.74) is 3.24. The molecule has 4 nitrogen and oxygen atoms in total. The van der Waals surface area contributed by atoms with Gasteiger partial charge in [-0.05, 0) is 46.8 Å². The molecule has 31 heavy (non-hydrogen) atoms. The van der Waals surface area contributed by atoms with Gasteiger partial charge in [0.05, 0.1) is 16.8 Å². The molecule has 0 aliphatic carbocycles. The number of hydrogen-bond donors (Lipinski definition) is 1. The summed E-state index contributed by atoms with van der Waals surface area (Å²) >= 11 is 0. The summed E-state index contributed by atoms with van der Waals surface area (Å²) in [6, 6.07) is 26.7. The Kier molecular flexibility index (Phi) is 4.56. The summed E-state index contributed by atoms with van der Waals surface area (Å²) in [5.74, 6) is -2.22. The first-order chi connectivity index (χ1) is 15.1. The molecular formula is C26H17FN2O2. The molecule has 150 valence electrons. The van der Waals surface area contributed by atoms with Gasteiger partial charge in [0.1, 0.15) is 5.82 Å². The summed E-state index contributed by atoms with van der Waals surface area (Å²) in [6.45, 7) is 0. The minimum absolute atomic E-state index is 0.0338. The van der Waals surface area contributed by atoms with Gasteiger partial charge in [-0.25, -0.2) is 4.39 Å². The predicted molar refractivity (Wildman–Crippen MR) is 120 cm³/mol. The van der Waals surface area contributed by atoms with Crippen LogP contribution in [0.4, 0.5) is 10.1 Å². The molecule has 5 rings (SSSR count). The second kappa shape index (κ2) is 7.54. The third-order valence-corrected chi connectivity index (χ3v) is 5.30. The maximum atomic E-state index is 14.0. The summed E-state index contributed by atoms with van der Waals surface area (Å²) in [4.78, 5) is 26.4. The highest BCUT2D eigenvalue weighted by molar-refractivity contribution is 6.49. The third kappa shape index (κ3) is 3.26. The quantitative estimate of drug-likeness (QED) is 0.305. The molecule has 1 N–H and O–H groups in total. The minimum Gasteiger partial charge on any atom is -0.317 e. The maximum absolute atomic E-state index is 14.0. The highest BCUT2D eigenvalue weighted by Gasteiger charge is 2.25. The number of fused-ring (bicyclic) bond motifs is 3. The molecule has 0 bridgehead atoms. The lowest BCUT2D eigenvalue weighted by atomic mass is 9.93. The number of carbonyl (C=O) groups excluding carboxylic acids is 2. The van der Waals surface area contributed by atoms with E-state index in [-0.39, 0.29) is 11.3 Å². The van der Waals surface area contributed by atoms with E-state index in [1.807, 2.05) is 77.3 Å². The van der Waals surface area contributed by atoms with Gasteiger partial charge in [-0.15, -0.1) is 0 Å². The zero-order chi connectivity index (χ0) is 21.4. The zero-order valence-corrected chi connectivity index (χ0v) is 16.4. The number of nitrogens with zero attached hydrogens (tertiary/aromatic N) is 1. The van der Waals surface area contributed by atoms with Gasteiger partial charge in [-0.3, -0.25) is 9.59 Å². The second-order valence-corrected chi connectivity index (χ2v) is 7.19. The van der Waals surface area contributed by atoms with E-state index < -0.39 is 17.5 Å². The molecule has 2 aromatic heterocycles. The van der Waals surface area contributed by atoms with Gasteiger partial charge in [0.15, 0.2) is 0 Å². The van der Waals surface area contributed by atoms with Gasteiger partial charge in [0.2, 0.25) is 0 Å². The van der Waals surface area contributed by atoms with E-state index in [0.717, 1.165) is 16.5 Å². The third-order valence-electron chi connectivity index (χ3n) is 5.30. The molecule has 0 atom stereocenters. The van der Waals surface area contributed by atoms with Crippen LogP contribution in [0.3, 0.4) is 0 Å². The van der Waals surface area contributed by atoms with Gasteiger partial charge in [-0.1, -0.05) is 60.7 Å². The molecule has 1 amide bonds. The van der Waals surface area contributed by atoms with E-state index in [2.05, 4.69) is 5.32 Å². The fraction of sp³-hybridized carbons (Fsp3) is 0. The van der Waals surface area contributed by atoms with Gasteiger partial charge in [-0.2, -0.15) is 0 Å². The lowest BCUT2D eigenvalue weighted by Gasteiger charge is -2.15. The number of rotatable bonds is 4. The normalized spacial score (nSPS) is 11.0. The van der Waals surface area contributed by atoms with Crippen molar-refractivity contribution in [3.63, 3.8) is 0 Å². The van der Waals surface area contributed by atoms with Crippen molar-refractivity contribution in [1.82, 2.24) is 4.40 Å². The van der Waals surface area contributed by atoms with E-state index in [1.165, 1.54) is 18.2 Å². The second-order valence-electron chi connectivity index (χ2n) is 7.19. The van der Waals surface area contributed by atoms with E-state index in [1.54, 1.807) is 6.07 Å². The summed E-state index contributed by atoms with van der Waals surface area (Å²) < 4.78 is 15.9. The summed E-state index contributed by atoms with van der Waals surface area (Å²) in [6.07, 6.45) is 1.86. The number of para-hydroxylation sites is 1. The molecule has 0 saturated carbocycles. The fourth-order valence-corrected chi connectivity index (χ4v) is 3.85. The average Bonchev–Trinajstić information content (AvgIpc) is 3.29. The van der Waals surface area contributed by atoms with Crippen LogP contribution >= 0.6 is 0 Å². The molecular weight excluding hydrogens is 391 g/mol. The number of benzene rings is 3. The number of ketones is 1. The number of Topliss-reactive ketones (excluding diaryl/α,β-unsaturated/α-hetero) is 1. The number of nitrogens with one attached hydrogen (secondary N) is 1. The summed E-state index contributed by atoms with van der Waals surface area (Å²) in [7, 11) is 0. The van der Waals surface area contributed by atoms with Crippen LogP contribution in [-0.4, -0.2) is 16.1 Å². The fourth-order valence-electron chi connectivity index (χ4n) is 3.85. The Labute approximate surface area is 177 Å². The lowest BCUT2D eigenvalue weighted by Crippen LogP contribution is -2.24. The van der Waals surface area contributed by atoms with Gasteiger partial charge in [0, 0.05) is 11.7 Å². The maximum Gasteiger partial charge on any atom is 0.296 e. The first kappa shape index (κ1) is 18.8. The molecule has 5 heteroatoms. The highest BCUT2D eigenvalue weighted by Crippen LogP contribution is 2.32. The van der Waals surface area contributed by atoms with Crippen LogP contribution in [0, 0.1) is 5.82 Å². The first-order valence-electron chi connectivity index (χ1n) is 9.82. The van der Waals surface area contributed by atoms with Crippen LogP contribution < -0.4 is 5.32 Å². The molecule has 0 spiro atoms. The van der Waals surface area contributed by atoms with E-state index in [9.17, 15) is 14.0 Å². The van der Waals surface area contributed by atoms with Crippen molar-refractivity contribution in [1.29, 1.82) is 0 Å². The van der Waals surface area contributed by atoms with E-state index in [0.29, 0.717) is 11.1 Å². The lowest BCUT2D eigenvalue weighted by molar-refractivity contribution is -0.112. The largest absolute Gasteiger partial charge is 0.317 e. The monoisotopic (exact) mass is 408 g/mol. The molecule has 0 aliphatic rings. The van der Waals surface area contributed by atoms with Crippen molar-refractivity contribution in [2.24, 2.45) is 0 Å². The summed E-state index contributed by atoms with van der Waals surface area (Å²) in [5, 5.41) is 3.25. The van der Waals surface area contributed by atoms with Crippen molar-refractivity contribution in [3.8, 4) is 11.1 Å². The number of hydrogen-bond acceptors (Lipinski definition) is 2. The predicted octanol–water partition coefficient (Wildman–Crippen LogP) is 5.72. The van der Waals surface area contributed by atoms with Gasteiger partial charge in [0.25, 0.3) is 11.7 Å². The number of pyridine rings is 1. The highest BCUT2D eigenvalue weighted by atomic mass is 19.1. The first-order valence-corrected chi connectivity index (χ1v) is 9.82. The van der Waals surface area contributed by atoms with Crippen molar-refractivity contribution < 1.29 is 14.0 Å². The van der Waals surface area contributed by atoms with Crippen LogP contribution in [0.2, 0.25) is 0 Å². The minimum atomic E-state index is -0.890. The standard InChI is InChI=1S/C26H17FN2O2/c27-21-10-4-5-11-22(21)28-26(31)25(30)23-20(17-7-2-1-3-8-17)15-13-18-12-14-19-9-6-16-29(19)24(18)23/h1-16H,(H,28,31). The molecule has 0 radical (unpaired) electrons. The molecule has 2 heterocycles. The van der Waals surface area contributed by atoms with E-state index in [4.69, 9.17) is 0 Å². The number of aromatic nitrogens is 1. The Morgan fingerprint density at radius 2 is 1.52 bits per heavy atom. The molecule has 0 fully saturated rings. The SMILES string of the molecule is O=C(Nc1ccccc1F)C(=O)c1c(-c2ccccc2)ccc2ccc3cccn3c12. The average molecular weight is 408 g/mol. The van der Waals surface area contributed by atoms with Crippen LogP contribution in [0.1, 0.15) is 10.4 Å². The number of carbonyl (C=O) groups is 2. The van der Waals surface area contributed by atoms with Crippen LogP contribution in [0.15, 0.2) is 97.2 Å². The van der Waals surface area contributed by atoms with Crippen molar-refractivity contribution in [2.45, 2.75) is 0 Å². The van der Waals surface area contributed by atoms with Gasteiger partial charge >= 0.3 is 0 Å². The topological polar surface area (TPSA) is 50.6 Å². The smallest absolute Gasteiger partial charge is 0.296 e. The number of amides is 1. The molecule has 0 saturated heterocycles. The van der Waals surface area contributed by atoms with Crippen LogP contribution in [0.5, 0.6) is 0 Å². The molecule has 0 aliphatic heterocycles. The number of anilines is 1. The van der Waals surface area contributed by atoms with Crippen molar-refractivity contribution >= 4 is 33.8 Å². The van der Waals surface area contributed by atoms with E-state index >= 15 is 0 Å². The Bertz CT molecular complexity index is 1450. The van der Waals surface area contributed by atoms with Crippen molar-refractivity contribution in [2.75, 3.05) is 5.32 Å². The Morgan fingerprint density at radius 3 is 2.32 bits per heavy atom. The van der Waals surface area contributed by atoms with Crippen LogP contribution in [0.25, 0.3) is 27.5 Å². The van der Waals surface area contributed by atoms with Crippen molar-refractivity contribution in [3.05, 3.63) is 109 Å². The molecule has 3 aromatic carbocycles. The van der Waals surface area contributed by atoms with Gasteiger partial charge < -0.3 is 9.72 Å². The zero-order valence-electron chi connectivity index (χ0n) is 16.4. The Hall–Kier alpha value is -4.25. The molecule has 5 aromatic rings. The molecule has 0 unspecified atom stereocenters. The van der Waals surface area contributed by atoms with Crippen LogP contribution in [-0.2, 0) is 4.79 Å². The Morgan fingerprint density at radius 1 is 0.774 bits per heavy atom. The number of halogens is 1. The Balaban J connectivity index is 1.73.